The molecule has 2 heteroatoms. The standard InChI is InChI=1S/C12H17NO/c1-13-8-7-10-3-2-4-12(9-10)14-11-5-6-11/h2-4,9,11,13H,5-8H2,1H3. The zero-order chi connectivity index (χ0) is 9.80. The van der Waals surface area contributed by atoms with Crippen LogP contribution in [0.25, 0.3) is 0 Å². The maximum absolute atomic E-state index is 5.73. The topological polar surface area (TPSA) is 21.3 Å². The Labute approximate surface area is 85.3 Å². The first-order valence-electron chi connectivity index (χ1n) is 5.28. The molecule has 0 bridgehead atoms. The molecule has 0 atom stereocenters. The molecule has 0 radical (unpaired) electrons. The highest BCUT2D eigenvalue weighted by Gasteiger charge is 2.23. The molecule has 0 amide bonds. The molecule has 0 aliphatic heterocycles. The summed E-state index contributed by atoms with van der Waals surface area (Å²) in [5.41, 5.74) is 1.34. The van der Waals surface area contributed by atoms with Crippen LogP contribution in [0.1, 0.15) is 18.4 Å². The van der Waals surface area contributed by atoms with E-state index in [-0.39, 0.29) is 0 Å². The highest BCUT2D eigenvalue weighted by Crippen LogP contribution is 2.27. The van der Waals surface area contributed by atoms with Crippen LogP contribution in [0.3, 0.4) is 0 Å². The Hall–Kier alpha value is -1.02. The van der Waals surface area contributed by atoms with Gasteiger partial charge in [0.2, 0.25) is 0 Å². The summed E-state index contributed by atoms with van der Waals surface area (Å²) in [6.07, 6.45) is 4.01. The second kappa shape index (κ2) is 4.47. The average Bonchev–Trinajstić information content (AvgIpc) is 2.99. The second-order valence-corrected chi connectivity index (χ2v) is 3.82. The van der Waals surface area contributed by atoms with Crippen LogP contribution >= 0.6 is 0 Å². The molecule has 0 aromatic heterocycles. The second-order valence-electron chi connectivity index (χ2n) is 3.82. The summed E-state index contributed by atoms with van der Waals surface area (Å²) in [6.45, 7) is 1.02. The molecule has 1 aromatic rings. The van der Waals surface area contributed by atoms with Gasteiger partial charge in [0.15, 0.2) is 0 Å². The fourth-order valence-electron chi connectivity index (χ4n) is 1.42. The zero-order valence-electron chi connectivity index (χ0n) is 8.62. The van der Waals surface area contributed by atoms with Gasteiger partial charge in [0.1, 0.15) is 5.75 Å². The number of likely N-dealkylation sites (N-methyl/N-ethyl adjacent to an activating group) is 1. The van der Waals surface area contributed by atoms with E-state index in [1.54, 1.807) is 0 Å². The third-order valence-electron chi connectivity index (χ3n) is 2.39. The summed E-state index contributed by atoms with van der Waals surface area (Å²) in [5.74, 6) is 1.03. The van der Waals surface area contributed by atoms with Gasteiger partial charge in [-0.15, -0.1) is 0 Å². The number of hydrogen-bond acceptors (Lipinski definition) is 2. The van der Waals surface area contributed by atoms with Gasteiger partial charge in [-0.05, 0) is 50.6 Å². The van der Waals surface area contributed by atoms with E-state index in [4.69, 9.17) is 4.74 Å². The molecule has 2 rings (SSSR count). The third-order valence-corrected chi connectivity index (χ3v) is 2.39. The van der Waals surface area contributed by atoms with Gasteiger partial charge in [-0.25, -0.2) is 0 Å². The van der Waals surface area contributed by atoms with Gasteiger partial charge < -0.3 is 10.1 Å². The van der Waals surface area contributed by atoms with E-state index in [0.29, 0.717) is 6.10 Å². The van der Waals surface area contributed by atoms with Crippen LogP contribution < -0.4 is 10.1 Å². The first kappa shape index (κ1) is 9.53. The molecule has 0 unspecified atom stereocenters. The molecular formula is C12H17NO. The maximum Gasteiger partial charge on any atom is 0.119 e. The van der Waals surface area contributed by atoms with Crippen molar-refractivity contribution in [2.24, 2.45) is 0 Å². The lowest BCUT2D eigenvalue weighted by molar-refractivity contribution is 0.303. The number of hydrogen-bond donors (Lipinski definition) is 1. The van der Waals surface area contributed by atoms with Crippen LogP contribution in [0.15, 0.2) is 24.3 Å². The van der Waals surface area contributed by atoms with Gasteiger partial charge in [0.25, 0.3) is 0 Å². The lowest BCUT2D eigenvalue weighted by Gasteiger charge is -2.06. The van der Waals surface area contributed by atoms with Gasteiger partial charge >= 0.3 is 0 Å². The molecule has 1 N–H and O–H groups in total. The highest BCUT2D eigenvalue weighted by molar-refractivity contribution is 5.29. The van der Waals surface area contributed by atoms with Crippen LogP contribution in [0.5, 0.6) is 5.75 Å². The molecular weight excluding hydrogens is 174 g/mol. The van der Waals surface area contributed by atoms with Crippen molar-refractivity contribution in [3.63, 3.8) is 0 Å². The Balaban J connectivity index is 1.94. The molecule has 14 heavy (non-hydrogen) atoms. The summed E-state index contributed by atoms with van der Waals surface area (Å²) in [6, 6.07) is 8.41. The minimum absolute atomic E-state index is 0.495. The number of rotatable bonds is 5. The number of ether oxygens (including phenoxy) is 1. The highest BCUT2D eigenvalue weighted by atomic mass is 16.5. The van der Waals surface area contributed by atoms with E-state index in [9.17, 15) is 0 Å². The fraction of sp³-hybridized carbons (Fsp3) is 0.500. The molecule has 1 saturated carbocycles. The van der Waals surface area contributed by atoms with E-state index in [0.717, 1.165) is 18.7 Å². The Morgan fingerprint density at radius 1 is 1.43 bits per heavy atom. The number of benzene rings is 1. The maximum atomic E-state index is 5.73. The van der Waals surface area contributed by atoms with Crippen molar-refractivity contribution < 1.29 is 4.74 Å². The summed E-state index contributed by atoms with van der Waals surface area (Å²) < 4.78 is 5.73. The molecule has 1 fully saturated rings. The van der Waals surface area contributed by atoms with E-state index in [1.807, 2.05) is 13.1 Å². The molecule has 76 valence electrons. The largest absolute Gasteiger partial charge is 0.490 e. The zero-order valence-corrected chi connectivity index (χ0v) is 8.62. The Bertz CT molecular complexity index is 294. The molecule has 1 aliphatic carbocycles. The van der Waals surface area contributed by atoms with Crippen LogP contribution in [0.4, 0.5) is 0 Å². The van der Waals surface area contributed by atoms with Crippen LogP contribution in [-0.2, 0) is 6.42 Å². The lowest BCUT2D eigenvalue weighted by Crippen LogP contribution is -2.10. The van der Waals surface area contributed by atoms with E-state index < -0.39 is 0 Å². The van der Waals surface area contributed by atoms with Gasteiger partial charge in [0, 0.05) is 0 Å². The van der Waals surface area contributed by atoms with Crippen molar-refractivity contribution in [3.05, 3.63) is 29.8 Å². The predicted molar refractivity (Wildman–Crippen MR) is 57.7 cm³/mol. The Kier molecular flexibility index (Phi) is 3.04. The van der Waals surface area contributed by atoms with Crippen molar-refractivity contribution in [3.8, 4) is 5.75 Å². The monoisotopic (exact) mass is 191 g/mol. The quantitative estimate of drug-likeness (QED) is 0.768. The van der Waals surface area contributed by atoms with Crippen molar-refractivity contribution >= 4 is 0 Å². The minimum Gasteiger partial charge on any atom is -0.490 e. The van der Waals surface area contributed by atoms with Crippen molar-refractivity contribution in [1.29, 1.82) is 0 Å². The molecule has 0 saturated heterocycles. The summed E-state index contributed by atoms with van der Waals surface area (Å²) in [5, 5.41) is 3.15. The minimum atomic E-state index is 0.495. The van der Waals surface area contributed by atoms with Gasteiger partial charge in [0.05, 0.1) is 6.10 Å². The molecule has 1 aliphatic rings. The fourth-order valence-corrected chi connectivity index (χ4v) is 1.42. The van der Waals surface area contributed by atoms with Gasteiger partial charge in [-0.1, -0.05) is 12.1 Å². The summed E-state index contributed by atoms with van der Waals surface area (Å²) in [7, 11) is 1.98. The molecule has 2 nitrogen and oxygen atoms in total. The average molecular weight is 191 g/mol. The van der Waals surface area contributed by atoms with E-state index in [1.165, 1.54) is 18.4 Å². The first-order valence-corrected chi connectivity index (χ1v) is 5.28. The summed E-state index contributed by atoms with van der Waals surface area (Å²) >= 11 is 0. The predicted octanol–water partition coefficient (Wildman–Crippen LogP) is 1.99. The van der Waals surface area contributed by atoms with Gasteiger partial charge in [-0.3, -0.25) is 0 Å². The molecule has 1 aromatic carbocycles. The van der Waals surface area contributed by atoms with Crippen molar-refractivity contribution in [2.75, 3.05) is 13.6 Å². The van der Waals surface area contributed by atoms with Crippen LogP contribution in [-0.4, -0.2) is 19.7 Å². The normalized spacial score (nSPS) is 15.5. The van der Waals surface area contributed by atoms with E-state index in [2.05, 4.69) is 23.5 Å². The van der Waals surface area contributed by atoms with Crippen molar-refractivity contribution in [1.82, 2.24) is 5.32 Å². The smallest absolute Gasteiger partial charge is 0.119 e. The van der Waals surface area contributed by atoms with E-state index >= 15 is 0 Å². The third kappa shape index (κ3) is 2.74. The molecule has 0 heterocycles. The molecule has 0 spiro atoms. The lowest BCUT2D eigenvalue weighted by atomic mass is 10.1. The van der Waals surface area contributed by atoms with Crippen LogP contribution in [0.2, 0.25) is 0 Å². The Morgan fingerprint density at radius 3 is 3.00 bits per heavy atom. The summed E-state index contributed by atoms with van der Waals surface area (Å²) in [4.78, 5) is 0. The number of nitrogens with one attached hydrogen (secondary N) is 1. The Morgan fingerprint density at radius 2 is 2.29 bits per heavy atom. The van der Waals surface area contributed by atoms with Gasteiger partial charge in [-0.2, -0.15) is 0 Å². The first-order chi connectivity index (χ1) is 6.88. The van der Waals surface area contributed by atoms with Crippen molar-refractivity contribution in [2.45, 2.75) is 25.4 Å². The van der Waals surface area contributed by atoms with Crippen LogP contribution in [0, 0.1) is 0 Å². The SMILES string of the molecule is CNCCc1cccc(OC2CC2)c1.